The first-order valence-electron chi connectivity index (χ1n) is 2.78. The van der Waals surface area contributed by atoms with Gasteiger partial charge in [-0.25, -0.2) is 0 Å². The van der Waals surface area contributed by atoms with Crippen molar-refractivity contribution in [3.63, 3.8) is 0 Å². The van der Waals surface area contributed by atoms with Gasteiger partial charge in [0.2, 0.25) is 0 Å². The maximum atomic E-state index is 10.2. The minimum absolute atomic E-state index is 0.0384. The Bertz CT molecular complexity index is 180. The zero-order valence-corrected chi connectivity index (χ0v) is 6.21. The topological polar surface area (TPSA) is 80.7 Å². The second-order valence-corrected chi connectivity index (χ2v) is 2.54. The molecule has 0 aromatic carbocycles. The average Bonchev–Trinajstić information content (AvgIpc) is 1.87. The molecule has 0 saturated carbocycles. The van der Waals surface area contributed by atoms with Crippen LogP contribution in [0.4, 0.5) is 0 Å². The molecule has 2 N–H and O–H groups in total. The fourth-order valence-electron chi connectivity index (χ4n) is 0.484. The van der Waals surface area contributed by atoms with Gasteiger partial charge in [0.05, 0.1) is 0 Å². The number of aliphatic hydroxyl groups excluding tert-OH is 2. The summed E-state index contributed by atoms with van der Waals surface area (Å²) in [5.74, 6) is 0. The van der Waals surface area contributed by atoms with Crippen LogP contribution in [0.1, 0.15) is 0 Å². The van der Waals surface area contributed by atoms with Gasteiger partial charge >= 0.3 is 59.8 Å². The molecule has 0 aliphatic carbocycles. The van der Waals surface area contributed by atoms with Crippen LogP contribution in [0, 0.1) is 0 Å². The summed E-state index contributed by atoms with van der Waals surface area (Å²) in [4.78, 5) is 0. The Morgan fingerprint density at radius 1 is 1.30 bits per heavy atom. The van der Waals surface area contributed by atoms with Crippen molar-refractivity contribution in [2.45, 2.75) is 0 Å². The van der Waals surface area contributed by atoms with Crippen LogP contribution in [0.25, 0.3) is 0 Å². The molecule has 0 fully saturated rings. The van der Waals surface area contributed by atoms with E-state index in [-0.39, 0.29) is 26.3 Å². The molecular formula is C4H10NO4S+. The summed E-state index contributed by atoms with van der Waals surface area (Å²) >= 11 is 0. The third-order valence-electron chi connectivity index (χ3n) is 0.910. The summed E-state index contributed by atoms with van der Waals surface area (Å²) in [6.45, 7) is -0.380. The van der Waals surface area contributed by atoms with Crippen LogP contribution in [-0.4, -0.2) is 45.0 Å². The van der Waals surface area contributed by atoms with E-state index in [4.69, 9.17) is 10.2 Å². The Hall–Kier alpha value is -0.140. The molecule has 0 bridgehead atoms. The van der Waals surface area contributed by atoms with Crippen LogP contribution in [-0.2, 0) is 14.8 Å². The molecule has 0 unspecified atom stereocenters. The zero-order valence-electron chi connectivity index (χ0n) is 5.39. The number of rotatable bonds is 4. The molecule has 5 nitrogen and oxygen atoms in total. The molecule has 0 heterocycles. The predicted molar refractivity (Wildman–Crippen MR) is 34.6 cm³/mol. The van der Waals surface area contributed by atoms with E-state index >= 15 is 0 Å². The van der Waals surface area contributed by atoms with Gasteiger partial charge in [-0.15, -0.1) is 0 Å². The van der Waals surface area contributed by atoms with Gasteiger partial charge in [-0.3, -0.25) is 0 Å². The Balaban J connectivity index is 3.77. The Morgan fingerprint density at radius 3 is 1.90 bits per heavy atom. The van der Waals surface area contributed by atoms with E-state index in [2.05, 4.69) is 0 Å². The third kappa shape index (κ3) is 3.80. The van der Waals surface area contributed by atoms with Crippen molar-refractivity contribution in [3.8, 4) is 0 Å². The molecule has 0 rings (SSSR count). The van der Waals surface area contributed by atoms with Crippen LogP contribution >= 0.6 is 0 Å². The summed E-state index contributed by atoms with van der Waals surface area (Å²) < 4.78 is 21.3. The molecule has 0 atom stereocenters. The Kier molecular flexibility index (Phi) is 5.55. The SMILES string of the molecule is O=S(#[O+])N(CCO)CCO. The normalized spacial score (nSPS) is 10.2. The Morgan fingerprint density at radius 2 is 1.70 bits per heavy atom. The number of nitrogens with zero attached hydrogens (tertiary/aromatic N) is 1. The summed E-state index contributed by atoms with van der Waals surface area (Å²) in [5.41, 5.74) is 0. The van der Waals surface area contributed by atoms with E-state index in [1.54, 1.807) is 0 Å². The summed E-state index contributed by atoms with van der Waals surface area (Å²) in [7, 11) is -2.34. The molecule has 6 heteroatoms. The van der Waals surface area contributed by atoms with Gasteiger partial charge in [0.1, 0.15) is 0 Å². The van der Waals surface area contributed by atoms with Gasteiger partial charge in [0.25, 0.3) is 0 Å². The van der Waals surface area contributed by atoms with Crippen LogP contribution in [0.15, 0.2) is 0 Å². The van der Waals surface area contributed by atoms with E-state index in [0.29, 0.717) is 0 Å². The van der Waals surface area contributed by atoms with Gasteiger partial charge in [-0.1, -0.05) is 0 Å². The first-order valence-corrected chi connectivity index (χ1v) is 3.81. The molecule has 0 spiro atoms. The van der Waals surface area contributed by atoms with E-state index in [1.807, 2.05) is 0 Å². The van der Waals surface area contributed by atoms with Crippen LogP contribution in [0.2, 0.25) is 0 Å². The van der Waals surface area contributed by atoms with Crippen molar-refractivity contribution in [1.82, 2.24) is 4.31 Å². The minimum atomic E-state index is -2.34. The van der Waals surface area contributed by atoms with Gasteiger partial charge in [-0.05, 0) is 0 Å². The number of aliphatic hydroxyl groups is 2. The summed E-state index contributed by atoms with van der Waals surface area (Å²) in [6.07, 6.45) is 0. The predicted octanol–water partition coefficient (Wildman–Crippen LogP) is -1.72. The molecule has 0 aromatic rings. The van der Waals surface area contributed by atoms with E-state index in [0.717, 1.165) is 4.31 Å². The van der Waals surface area contributed by atoms with Crippen molar-refractivity contribution < 1.29 is 18.5 Å². The van der Waals surface area contributed by atoms with Crippen molar-refractivity contribution in [3.05, 3.63) is 0 Å². The van der Waals surface area contributed by atoms with Gasteiger partial charge in [-0.2, -0.15) is 0 Å². The first kappa shape index (κ1) is 9.86. The van der Waals surface area contributed by atoms with Gasteiger partial charge in [0, 0.05) is 0 Å². The van der Waals surface area contributed by atoms with Gasteiger partial charge in [0.15, 0.2) is 0 Å². The van der Waals surface area contributed by atoms with Crippen LogP contribution < -0.4 is 0 Å². The summed E-state index contributed by atoms with van der Waals surface area (Å²) in [6, 6.07) is 0. The molecule has 60 valence electrons. The third-order valence-corrected chi connectivity index (χ3v) is 1.70. The molecule has 0 aromatic heterocycles. The Labute approximate surface area is 60.7 Å². The van der Waals surface area contributed by atoms with Crippen molar-refractivity contribution in [1.29, 1.82) is 0 Å². The molecule has 0 aliphatic heterocycles. The average molecular weight is 168 g/mol. The van der Waals surface area contributed by atoms with Crippen molar-refractivity contribution in [2.24, 2.45) is 0 Å². The first-order chi connectivity index (χ1) is 4.72. The second kappa shape index (κ2) is 5.63. The number of hydrogen-bond donors (Lipinski definition) is 2. The van der Waals surface area contributed by atoms with Gasteiger partial charge < -0.3 is 0 Å². The molecule has 10 heavy (non-hydrogen) atoms. The van der Waals surface area contributed by atoms with Crippen LogP contribution in [0.3, 0.4) is 0 Å². The molecule has 0 saturated heterocycles. The van der Waals surface area contributed by atoms with Crippen LogP contribution in [0.5, 0.6) is 0 Å². The quantitative estimate of drug-likeness (QED) is 0.490. The summed E-state index contributed by atoms with van der Waals surface area (Å²) in [5, 5.41) is 16.6. The molecule has 0 aliphatic rings. The molecule has 0 amide bonds. The number of hydrogen-bond acceptors (Lipinski definition) is 3. The zero-order chi connectivity index (χ0) is 7.98. The molecule has 0 radical (unpaired) electrons. The molecular weight excluding hydrogens is 158 g/mol. The monoisotopic (exact) mass is 168 g/mol. The second-order valence-electron chi connectivity index (χ2n) is 1.59. The van der Waals surface area contributed by atoms with E-state index in [9.17, 15) is 8.25 Å². The maximum absolute atomic E-state index is 10.2. The van der Waals surface area contributed by atoms with E-state index < -0.39 is 10.7 Å². The van der Waals surface area contributed by atoms with Crippen molar-refractivity contribution in [2.75, 3.05) is 26.3 Å². The standard InChI is InChI=1S/C4H10NO4S/c6-3-1-5(2-4-7)10(8)9/h6-7H,1-4H2/q+1. The van der Waals surface area contributed by atoms with E-state index in [1.165, 1.54) is 0 Å². The fourth-order valence-corrected chi connectivity index (χ4v) is 0.945. The van der Waals surface area contributed by atoms with Crippen molar-refractivity contribution >= 4 is 10.7 Å². The fraction of sp³-hybridized carbons (Fsp3) is 1.00.